The van der Waals surface area contributed by atoms with E-state index in [9.17, 15) is 4.79 Å². The Morgan fingerprint density at radius 2 is 2.12 bits per heavy atom. The van der Waals surface area contributed by atoms with Gasteiger partial charge < -0.3 is 10.5 Å². The maximum Gasteiger partial charge on any atom is 0.271 e. The fourth-order valence-corrected chi connectivity index (χ4v) is 1.39. The van der Waals surface area contributed by atoms with Gasteiger partial charge in [-0.1, -0.05) is 19.1 Å². The second-order valence-electron chi connectivity index (χ2n) is 4.11. The van der Waals surface area contributed by atoms with Crippen LogP contribution in [0.1, 0.15) is 43.0 Å². The van der Waals surface area contributed by atoms with E-state index in [1.807, 2.05) is 6.92 Å². The molecule has 1 atom stereocenters. The average Bonchev–Trinajstić information content (AvgIpc) is 2.61. The third-order valence-electron chi connectivity index (χ3n) is 2.66. The minimum atomic E-state index is -0.575. The number of hydrogen-bond acceptors (Lipinski definition) is 4. The summed E-state index contributed by atoms with van der Waals surface area (Å²) in [7, 11) is 1.56. The van der Waals surface area contributed by atoms with Gasteiger partial charge in [-0.3, -0.25) is 4.79 Å². The van der Waals surface area contributed by atoms with E-state index in [-0.39, 0.29) is 18.3 Å². The zero-order valence-electron chi connectivity index (χ0n) is 10.1. The van der Waals surface area contributed by atoms with Crippen molar-refractivity contribution in [3.8, 4) is 0 Å². The second kappa shape index (κ2) is 5.07. The lowest BCUT2D eigenvalue weighted by molar-refractivity contribution is 0.0989. The number of ether oxygens (including phenoxy) is 1. The number of nitrogens with zero attached hydrogens (tertiary/aromatic N) is 3. The summed E-state index contributed by atoms with van der Waals surface area (Å²) in [6.07, 6.45) is 0. The van der Waals surface area contributed by atoms with Gasteiger partial charge in [0.2, 0.25) is 0 Å². The maximum absolute atomic E-state index is 11.2. The van der Waals surface area contributed by atoms with Gasteiger partial charge in [-0.15, -0.1) is 5.10 Å². The van der Waals surface area contributed by atoms with Gasteiger partial charge in [0.15, 0.2) is 5.69 Å². The summed E-state index contributed by atoms with van der Waals surface area (Å²) in [5.41, 5.74) is 6.05. The molecule has 1 aromatic heterocycles. The molecule has 1 amide bonds. The van der Waals surface area contributed by atoms with Crippen molar-refractivity contribution in [3.63, 3.8) is 0 Å². The van der Waals surface area contributed by atoms with E-state index in [2.05, 4.69) is 24.2 Å². The van der Waals surface area contributed by atoms with E-state index in [0.29, 0.717) is 11.6 Å². The predicted molar refractivity (Wildman–Crippen MR) is 58.8 cm³/mol. The molecule has 6 nitrogen and oxygen atoms in total. The third kappa shape index (κ3) is 2.38. The van der Waals surface area contributed by atoms with E-state index in [0.717, 1.165) is 0 Å². The number of nitrogens with two attached hydrogens (primary N) is 1. The molecule has 0 spiro atoms. The molecule has 0 saturated heterocycles. The second-order valence-corrected chi connectivity index (χ2v) is 4.11. The highest BCUT2D eigenvalue weighted by Gasteiger charge is 2.21. The monoisotopic (exact) mass is 226 g/mol. The summed E-state index contributed by atoms with van der Waals surface area (Å²) in [4.78, 5) is 11.2. The first kappa shape index (κ1) is 12.6. The molecule has 16 heavy (non-hydrogen) atoms. The number of aromatic nitrogens is 3. The van der Waals surface area contributed by atoms with Gasteiger partial charge in [0.05, 0.1) is 18.3 Å². The Morgan fingerprint density at radius 1 is 1.50 bits per heavy atom. The summed E-state index contributed by atoms with van der Waals surface area (Å²) < 4.78 is 6.74. The van der Waals surface area contributed by atoms with Crippen molar-refractivity contribution in [3.05, 3.63) is 11.4 Å². The molecule has 90 valence electrons. The maximum atomic E-state index is 11.2. The van der Waals surface area contributed by atoms with Gasteiger partial charge in [-0.25, -0.2) is 4.68 Å². The molecule has 0 fully saturated rings. The van der Waals surface area contributed by atoms with Crippen molar-refractivity contribution in [1.82, 2.24) is 15.0 Å². The Balaban J connectivity index is 3.14. The number of methoxy groups -OCH3 is 1. The Hall–Kier alpha value is -1.43. The molecule has 0 aliphatic heterocycles. The number of rotatable bonds is 5. The van der Waals surface area contributed by atoms with Gasteiger partial charge >= 0.3 is 0 Å². The first-order chi connectivity index (χ1) is 7.49. The topological polar surface area (TPSA) is 83.0 Å². The molecule has 2 N–H and O–H groups in total. The fraction of sp³-hybridized carbons (Fsp3) is 0.700. The lowest BCUT2D eigenvalue weighted by Crippen LogP contribution is -2.19. The summed E-state index contributed by atoms with van der Waals surface area (Å²) in [6.45, 7) is 6.45. The molecule has 0 radical (unpaired) electrons. The van der Waals surface area contributed by atoms with E-state index < -0.39 is 5.91 Å². The van der Waals surface area contributed by atoms with E-state index in [1.54, 1.807) is 11.8 Å². The fourth-order valence-electron chi connectivity index (χ4n) is 1.39. The predicted octanol–water partition coefficient (Wildman–Crippen LogP) is 0.740. The van der Waals surface area contributed by atoms with Crippen molar-refractivity contribution < 1.29 is 9.53 Å². The summed E-state index contributed by atoms with van der Waals surface area (Å²) >= 11 is 0. The molecule has 1 unspecified atom stereocenters. The lowest BCUT2D eigenvalue weighted by atomic mass is 10.1. The standard InChI is InChI=1S/C10H18N4O2/c1-6(2)7(3)14-8(5-16-4)9(10(11)15)12-13-14/h6-7H,5H2,1-4H3,(H2,11,15). The van der Waals surface area contributed by atoms with Crippen LogP contribution in [0.25, 0.3) is 0 Å². The Labute approximate surface area is 94.8 Å². The molecule has 6 heteroatoms. The molecule has 0 aromatic carbocycles. The quantitative estimate of drug-likeness (QED) is 0.802. The molecular weight excluding hydrogens is 208 g/mol. The van der Waals surface area contributed by atoms with Gasteiger partial charge in [0.25, 0.3) is 5.91 Å². The van der Waals surface area contributed by atoms with Crippen LogP contribution < -0.4 is 5.73 Å². The third-order valence-corrected chi connectivity index (χ3v) is 2.66. The Bertz CT molecular complexity index is 373. The van der Waals surface area contributed by atoms with E-state index in [1.165, 1.54) is 0 Å². The highest BCUT2D eigenvalue weighted by molar-refractivity contribution is 5.91. The van der Waals surface area contributed by atoms with Crippen molar-refractivity contribution >= 4 is 5.91 Å². The van der Waals surface area contributed by atoms with Gasteiger partial charge in [0.1, 0.15) is 0 Å². The summed E-state index contributed by atoms with van der Waals surface area (Å²) in [6, 6.07) is 0.144. The molecule has 0 saturated carbocycles. The molecule has 1 heterocycles. The van der Waals surface area contributed by atoms with Crippen molar-refractivity contribution in [1.29, 1.82) is 0 Å². The molecule has 0 bridgehead atoms. The largest absolute Gasteiger partial charge is 0.378 e. The summed E-state index contributed by atoms with van der Waals surface area (Å²) in [5, 5.41) is 7.76. The lowest BCUT2D eigenvalue weighted by Gasteiger charge is -2.17. The van der Waals surface area contributed by atoms with E-state index >= 15 is 0 Å². The van der Waals surface area contributed by atoms with Gasteiger partial charge in [-0.2, -0.15) is 0 Å². The Morgan fingerprint density at radius 3 is 2.56 bits per heavy atom. The highest BCUT2D eigenvalue weighted by atomic mass is 16.5. The first-order valence-corrected chi connectivity index (χ1v) is 5.21. The molecule has 1 aromatic rings. The minimum Gasteiger partial charge on any atom is -0.378 e. The smallest absolute Gasteiger partial charge is 0.271 e. The number of hydrogen-bond donors (Lipinski definition) is 1. The number of primary amides is 1. The van der Waals surface area contributed by atoms with Crippen molar-refractivity contribution in [2.45, 2.75) is 33.4 Å². The van der Waals surface area contributed by atoms with Crippen molar-refractivity contribution in [2.24, 2.45) is 11.7 Å². The number of amides is 1. The SMILES string of the molecule is COCc1c(C(N)=O)nnn1C(C)C(C)C. The normalized spacial score (nSPS) is 13.1. The van der Waals surface area contributed by atoms with Crippen LogP contribution in [-0.2, 0) is 11.3 Å². The van der Waals surface area contributed by atoms with Crippen LogP contribution in [-0.4, -0.2) is 28.0 Å². The van der Waals surface area contributed by atoms with Gasteiger partial charge in [-0.05, 0) is 12.8 Å². The molecule has 1 rings (SSSR count). The Kier molecular flexibility index (Phi) is 4.00. The minimum absolute atomic E-state index is 0.144. The summed E-state index contributed by atoms with van der Waals surface area (Å²) in [5.74, 6) is -0.188. The van der Waals surface area contributed by atoms with E-state index in [4.69, 9.17) is 10.5 Å². The molecule has 0 aliphatic rings. The van der Waals surface area contributed by atoms with Crippen LogP contribution in [0, 0.1) is 5.92 Å². The zero-order valence-corrected chi connectivity index (χ0v) is 10.1. The van der Waals surface area contributed by atoms with Crippen LogP contribution in [0.3, 0.4) is 0 Å². The zero-order chi connectivity index (χ0) is 12.3. The first-order valence-electron chi connectivity index (χ1n) is 5.21. The van der Waals surface area contributed by atoms with Crippen LogP contribution in [0.15, 0.2) is 0 Å². The van der Waals surface area contributed by atoms with Crippen LogP contribution >= 0.6 is 0 Å². The van der Waals surface area contributed by atoms with Crippen molar-refractivity contribution in [2.75, 3.05) is 7.11 Å². The van der Waals surface area contributed by atoms with Gasteiger partial charge in [0, 0.05) is 7.11 Å². The average molecular weight is 226 g/mol. The van der Waals surface area contributed by atoms with Crippen LogP contribution in [0.2, 0.25) is 0 Å². The number of carbonyl (C=O) groups excluding carboxylic acids is 1. The molecular formula is C10H18N4O2. The van der Waals surface area contributed by atoms with Crippen LogP contribution in [0.4, 0.5) is 0 Å². The van der Waals surface area contributed by atoms with Crippen LogP contribution in [0.5, 0.6) is 0 Å². The molecule has 0 aliphatic carbocycles. The number of carbonyl (C=O) groups is 1. The highest BCUT2D eigenvalue weighted by Crippen LogP contribution is 2.19.